The van der Waals surface area contributed by atoms with Crippen LogP contribution < -0.4 is 10.6 Å². The van der Waals surface area contributed by atoms with Gasteiger partial charge in [0.05, 0.1) is 23.2 Å². The van der Waals surface area contributed by atoms with E-state index in [1.807, 2.05) is 6.92 Å². The lowest BCUT2D eigenvalue weighted by molar-refractivity contribution is 0.0956. The van der Waals surface area contributed by atoms with Crippen LogP contribution >= 0.6 is 0 Å². The lowest BCUT2D eigenvalue weighted by atomic mass is 10.2. The quantitative estimate of drug-likeness (QED) is 0.730. The first-order chi connectivity index (χ1) is 9.88. The van der Waals surface area contributed by atoms with Crippen LogP contribution in [0.1, 0.15) is 23.7 Å². The second kappa shape index (κ2) is 7.94. The van der Waals surface area contributed by atoms with Gasteiger partial charge in [-0.15, -0.1) is 0 Å². The van der Waals surface area contributed by atoms with E-state index in [0.29, 0.717) is 11.3 Å². The number of pyridine rings is 1. The van der Waals surface area contributed by atoms with Gasteiger partial charge in [0.1, 0.15) is 0 Å². The molecule has 1 rings (SSSR count). The second-order valence-electron chi connectivity index (χ2n) is 4.70. The Labute approximate surface area is 125 Å². The highest BCUT2D eigenvalue weighted by molar-refractivity contribution is 7.89. The van der Waals surface area contributed by atoms with Gasteiger partial charge in [-0.25, -0.2) is 12.7 Å². The molecule has 1 heterocycles. The molecule has 0 atom stereocenters. The molecule has 0 aromatic carbocycles. The maximum Gasteiger partial charge on any atom is 0.253 e. The Kier molecular flexibility index (Phi) is 6.57. The van der Waals surface area contributed by atoms with E-state index < -0.39 is 10.0 Å². The van der Waals surface area contributed by atoms with E-state index in [4.69, 9.17) is 0 Å². The van der Waals surface area contributed by atoms with E-state index in [1.54, 1.807) is 12.3 Å². The van der Waals surface area contributed by atoms with Crippen molar-refractivity contribution in [2.75, 3.05) is 38.3 Å². The van der Waals surface area contributed by atoms with E-state index in [-0.39, 0.29) is 18.2 Å². The summed E-state index contributed by atoms with van der Waals surface area (Å²) < 4.78 is 24.4. The predicted octanol–water partition coefficient (Wildman–Crippen LogP) is 0.525. The monoisotopic (exact) mass is 314 g/mol. The Bertz CT molecular complexity index is 573. The zero-order chi connectivity index (χ0) is 15.9. The molecule has 0 unspecified atom stereocenters. The van der Waals surface area contributed by atoms with Gasteiger partial charge in [0.2, 0.25) is 10.0 Å². The average molecular weight is 314 g/mol. The summed E-state index contributed by atoms with van der Waals surface area (Å²) in [6.07, 6.45) is 4.04. The lowest BCUT2D eigenvalue weighted by Gasteiger charge is -2.13. The summed E-state index contributed by atoms with van der Waals surface area (Å²) in [6.45, 7) is 2.82. The van der Waals surface area contributed by atoms with Crippen LogP contribution in [-0.2, 0) is 10.0 Å². The molecule has 0 aliphatic rings. The first-order valence-corrected chi connectivity index (χ1v) is 8.35. The molecule has 8 heteroatoms. The van der Waals surface area contributed by atoms with Crippen LogP contribution in [0, 0.1) is 0 Å². The average Bonchev–Trinajstić information content (AvgIpc) is 2.45. The molecular weight excluding hydrogens is 292 g/mol. The van der Waals surface area contributed by atoms with Crippen molar-refractivity contribution in [2.45, 2.75) is 13.3 Å². The summed E-state index contributed by atoms with van der Waals surface area (Å²) in [6, 6.07) is 1.60. The number of carbonyl (C=O) groups is 1. The first kappa shape index (κ1) is 17.4. The number of nitrogens with one attached hydrogen (secondary N) is 2. The lowest BCUT2D eigenvalue weighted by Crippen LogP contribution is -2.34. The van der Waals surface area contributed by atoms with Crippen LogP contribution in [0.15, 0.2) is 18.5 Å². The fourth-order valence-corrected chi connectivity index (χ4v) is 2.29. The maximum atomic E-state index is 12.1. The number of aromatic nitrogens is 1. The van der Waals surface area contributed by atoms with Crippen molar-refractivity contribution < 1.29 is 13.2 Å². The van der Waals surface area contributed by atoms with Gasteiger partial charge in [0, 0.05) is 33.4 Å². The molecule has 0 aliphatic carbocycles. The number of sulfonamides is 1. The molecule has 1 amide bonds. The number of amides is 1. The van der Waals surface area contributed by atoms with E-state index >= 15 is 0 Å². The third kappa shape index (κ3) is 5.31. The predicted molar refractivity (Wildman–Crippen MR) is 82.8 cm³/mol. The molecule has 21 heavy (non-hydrogen) atoms. The number of anilines is 1. The molecule has 0 fully saturated rings. The molecular formula is C13H22N4O3S. The molecule has 0 saturated heterocycles. The van der Waals surface area contributed by atoms with Gasteiger partial charge >= 0.3 is 0 Å². The Hall–Kier alpha value is -1.67. The second-order valence-corrected chi connectivity index (χ2v) is 7.00. The third-order valence-electron chi connectivity index (χ3n) is 2.83. The molecule has 0 radical (unpaired) electrons. The van der Waals surface area contributed by atoms with E-state index in [2.05, 4.69) is 15.6 Å². The smallest absolute Gasteiger partial charge is 0.253 e. The molecule has 1 aromatic heterocycles. The number of nitrogens with zero attached hydrogens (tertiary/aromatic N) is 2. The normalized spacial score (nSPS) is 11.4. The van der Waals surface area contributed by atoms with Gasteiger partial charge in [0.15, 0.2) is 0 Å². The zero-order valence-corrected chi connectivity index (χ0v) is 13.4. The minimum absolute atomic E-state index is 0.0644. The highest BCUT2D eigenvalue weighted by atomic mass is 32.2. The highest BCUT2D eigenvalue weighted by Crippen LogP contribution is 2.13. The maximum absolute atomic E-state index is 12.1. The SMILES string of the molecule is CCCNc1cnccc1C(=O)NCCS(=O)(=O)N(C)C. The van der Waals surface area contributed by atoms with E-state index in [0.717, 1.165) is 17.3 Å². The number of rotatable bonds is 8. The van der Waals surface area contributed by atoms with Crippen LogP contribution in [-0.4, -0.2) is 56.6 Å². The Morgan fingerprint density at radius 2 is 2.05 bits per heavy atom. The molecule has 7 nitrogen and oxygen atoms in total. The molecule has 0 aliphatic heterocycles. The van der Waals surface area contributed by atoms with Crippen molar-refractivity contribution in [2.24, 2.45) is 0 Å². The topological polar surface area (TPSA) is 91.4 Å². The minimum atomic E-state index is -3.31. The van der Waals surface area contributed by atoms with E-state index in [9.17, 15) is 13.2 Å². The molecule has 1 aromatic rings. The summed E-state index contributed by atoms with van der Waals surface area (Å²) in [4.78, 5) is 16.1. The van der Waals surface area contributed by atoms with Crippen LogP contribution in [0.3, 0.4) is 0 Å². The van der Waals surface area contributed by atoms with Crippen LogP contribution in [0.2, 0.25) is 0 Å². The summed E-state index contributed by atoms with van der Waals surface area (Å²) in [5.41, 5.74) is 1.10. The van der Waals surface area contributed by atoms with Crippen molar-refractivity contribution in [3.05, 3.63) is 24.0 Å². The highest BCUT2D eigenvalue weighted by Gasteiger charge is 2.15. The Balaban J connectivity index is 2.64. The first-order valence-electron chi connectivity index (χ1n) is 6.74. The summed E-state index contributed by atoms with van der Waals surface area (Å²) in [5.74, 6) is -0.445. The number of hydrogen-bond donors (Lipinski definition) is 2. The molecule has 0 spiro atoms. The van der Waals surface area contributed by atoms with Gasteiger partial charge in [-0.05, 0) is 12.5 Å². The van der Waals surface area contributed by atoms with Gasteiger partial charge in [-0.3, -0.25) is 9.78 Å². The van der Waals surface area contributed by atoms with Gasteiger partial charge in [-0.1, -0.05) is 6.92 Å². The molecule has 118 valence electrons. The van der Waals surface area contributed by atoms with Gasteiger partial charge in [0.25, 0.3) is 5.91 Å². The molecule has 2 N–H and O–H groups in total. The zero-order valence-electron chi connectivity index (χ0n) is 12.6. The van der Waals surface area contributed by atoms with E-state index in [1.165, 1.54) is 20.3 Å². The number of carbonyl (C=O) groups excluding carboxylic acids is 1. The van der Waals surface area contributed by atoms with Crippen molar-refractivity contribution in [1.29, 1.82) is 0 Å². The fourth-order valence-electron chi connectivity index (χ4n) is 1.56. The van der Waals surface area contributed by atoms with Crippen molar-refractivity contribution in [3.63, 3.8) is 0 Å². The largest absolute Gasteiger partial charge is 0.383 e. The Morgan fingerprint density at radius 1 is 1.33 bits per heavy atom. The van der Waals surface area contributed by atoms with Crippen molar-refractivity contribution in [3.8, 4) is 0 Å². The molecule has 0 bridgehead atoms. The summed E-state index contributed by atoms with van der Waals surface area (Å²) in [7, 11) is -0.380. The van der Waals surface area contributed by atoms with Gasteiger partial charge in [-0.2, -0.15) is 0 Å². The van der Waals surface area contributed by atoms with Gasteiger partial charge < -0.3 is 10.6 Å². The summed E-state index contributed by atoms with van der Waals surface area (Å²) in [5, 5.41) is 5.73. The van der Waals surface area contributed by atoms with Crippen molar-refractivity contribution >= 4 is 21.6 Å². The standard InChI is InChI=1S/C13H22N4O3S/c1-4-6-15-12-10-14-7-5-11(12)13(18)16-8-9-21(19,20)17(2)3/h5,7,10,15H,4,6,8-9H2,1-3H3,(H,16,18). The Morgan fingerprint density at radius 3 is 2.67 bits per heavy atom. The van der Waals surface area contributed by atoms with Crippen LogP contribution in [0.5, 0.6) is 0 Å². The van der Waals surface area contributed by atoms with Crippen LogP contribution in [0.25, 0.3) is 0 Å². The third-order valence-corrected chi connectivity index (χ3v) is 4.67. The molecule has 0 saturated carbocycles. The fraction of sp³-hybridized carbons (Fsp3) is 0.538. The summed E-state index contributed by atoms with van der Waals surface area (Å²) >= 11 is 0. The van der Waals surface area contributed by atoms with Crippen LogP contribution in [0.4, 0.5) is 5.69 Å². The number of hydrogen-bond acceptors (Lipinski definition) is 5. The minimum Gasteiger partial charge on any atom is -0.383 e. The van der Waals surface area contributed by atoms with Crippen molar-refractivity contribution in [1.82, 2.24) is 14.6 Å².